The number of carboxylic acids is 1. The third-order valence-electron chi connectivity index (χ3n) is 2.21. The van der Waals surface area contributed by atoms with Gasteiger partial charge in [-0.2, -0.15) is 0 Å². The molecular formula is C11H13FO3. The molecule has 0 spiro atoms. The number of hydrogen-bond acceptors (Lipinski definition) is 2. The number of benzene rings is 1. The molecule has 4 heteroatoms. The van der Waals surface area contributed by atoms with E-state index in [1.54, 1.807) is 19.9 Å². The van der Waals surface area contributed by atoms with E-state index in [1.165, 1.54) is 7.11 Å². The Hall–Kier alpha value is -1.58. The van der Waals surface area contributed by atoms with E-state index in [-0.39, 0.29) is 12.0 Å². The normalized spacial score (nSPS) is 10.1. The van der Waals surface area contributed by atoms with Gasteiger partial charge in [0.1, 0.15) is 11.6 Å². The van der Waals surface area contributed by atoms with E-state index in [0.717, 1.165) is 5.56 Å². The summed E-state index contributed by atoms with van der Waals surface area (Å²) in [5, 5.41) is 8.67. The minimum Gasteiger partial charge on any atom is -0.496 e. The van der Waals surface area contributed by atoms with Gasteiger partial charge in [-0.15, -0.1) is 0 Å². The van der Waals surface area contributed by atoms with Crippen molar-refractivity contribution in [3.05, 3.63) is 28.6 Å². The van der Waals surface area contributed by atoms with Crippen molar-refractivity contribution in [1.82, 2.24) is 0 Å². The molecule has 0 aliphatic rings. The second-order valence-corrected chi connectivity index (χ2v) is 3.41. The van der Waals surface area contributed by atoms with Gasteiger partial charge in [0.2, 0.25) is 0 Å². The first-order valence-electron chi connectivity index (χ1n) is 4.51. The van der Waals surface area contributed by atoms with Gasteiger partial charge in [-0.05, 0) is 31.0 Å². The summed E-state index contributed by atoms with van der Waals surface area (Å²) < 4.78 is 18.7. The van der Waals surface area contributed by atoms with Gasteiger partial charge in [0.25, 0.3) is 0 Å². The molecule has 0 aromatic heterocycles. The minimum atomic E-state index is -1.07. The Balaban J connectivity index is 3.36. The molecule has 0 bridgehead atoms. The first kappa shape index (κ1) is 11.5. The molecule has 0 aliphatic heterocycles. The standard InChI is InChI=1S/C11H13FO3/c1-6-4-7(2)11(15-3)8(10(6)12)5-9(13)14/h4H,5H2,1-3H3,(H,13,14). The smallest absolute Gasteiger partial charge is 0.308 e. The lowest BCUT2D eigenvalue weighted by atomic mass is 10.0. The summed E-state index contributed by atoms with van der Waals surface area (Å²) >= 11 is 0. The number of ether oxygens (including phenoxy) is 1. The summed E-state index contributed by atoms with van der Waals surface area (Å²) in [7, 11) is 1.41. The summed E-state index contributed by atoms with van der Waals surface area (Å²) in [4.78, 5) is 10.6. The highest BCUT2D eigenvalue weighted by Crippen LogP contribution is 2.28. The van der Waals surface area contributed by atoms with Crippen molar-refractivity contribution < 1.29 is 19.0 Å². The third kappa shape index (κ3) is 2.26. The van der Waals surface area contributed by atoms with Crippen LogP contribution in [0, 0.1) is 19.7 Å². The summed E-state index contributed by atoms with van der Waals surface area (Å²) in [6.07, 6.45) is -0.364. The lowest BCUT2D eigenvalue weighted by Crippen LogP contribution is -2.07. The van der Waals surface area contributed by atoms with Gasteiger partial charge >= 0.3 is 5.97 Å². The topological polar surface area (TPSA) is 46.5 Å². The quantitative estimate of drug-likeness (QED) is 0.834. The minimum absolute atomic E-state index is 0.113. The SMILES string of the molecule is COc1c(C)cc(C)c(F)c1CC(=O)O. The van der Waals surface area contributed by atoms with Gasteiger partial charge in [0.05, 0.1) is 13.5 Å². The third-order valence-corrected chi connectivity index (χ3v) is 2.21. The van der Waals surface area contributed by atoms with Gasteiger partial charge in [0, 0.05) is 5.56 Å². The first-order valence-corrected chi connectivity index (χ1v) is 4.51. The average Bonchev–Trinajstić information content (AvgIpc) is 2.13. The van der Waals surface area contributed by atoms with Crippen LogP contribution in [0.25, 0.3) is 0 Å². The Bertz CT molecular complexity index is 399. The van der Waals surface area contributed by atoms with Crippen molar-refractivity contribution in [2.75, 3.05) is 7.11 Å². The number of rotatable bonds is 3. The molecule has 0 radical (unpaired) electrons. The monoisotopic (exact) mass is 212 g/mol. The maximum atomic E-state index is 13.6. The highest BCUT2D eigenvalue weighted by atomic mass is 19.1. The second-order valence-electron chi connectivity index (χ2n) is 3.41. The molecule has 1 aromatic carbocycles. The first-order chi connectivity index (χ1) is 6.97. The summed E-state index contributed by atoms with van der Waals surface area (Å²) in [5.74, 6) is -1.25. The molecule has 82 valence electrons. The Morgan fingerprint density at radius 3 is 2.53 bits per heavy atom. The molecule has 1 rings (SSSR count). The fourth-order valence-electron chi connectivity index (χ4n) is 1.62. The second kappa shape index (κ2) is 4.29. The van der Waals surface area contributed by atoms with Crippen molar-refractivity contribution >= 4 is 5.97 Å². The fraction of sp³-hybridized carbons (Fsp3) is 0.364. The fourth-order valence-corrected chi connectivity index (χ4v) is 1.62. The Kier molecular flexibility index (Phi) is 3.29. The van der Waals surface area contributed by atoms with E-state index < -0.39 is 11.8 Å². The van der Waals surface area contributed by atoms with Gasteiger partial charge in [0.15, 0.2) is 0 Å². The van der Waals surface area contributed by atoms with E-state index in [0.29, 0.717) is 11.3 Å². The molecule has 0 saturated carbocycles. The number of carboxylic acid groups (broad SMARTS) is 1. The van der Waals surface area contributed by atoms with E-state index in [2.05, 4.69) is 0 Å². The molecule has 15 heavy (non-hydrogen) atoms. The summed E-state index contributed by atoms with van der Waals surface area (Å²) in [6.45, 7) is 3.36. The van der Waals surface area contributed by atoms with E-state index in [1.807, 2.05) is 0 Å². The zero-order chi connectivity index (χ0) is 11.6. The molecule has 0 amide bonds. The predicted octanol–water partition coefficient (Wildman–Crippen LogP) is 2.08. The van der Waals surface area contributed by atoms with Crippen LogP contribution >= 0.6 is 0 Å². The molecule has 3 nitrogen and oxygen atoms in total. The number of carbonyl (C=O) groups is 1. The van der Waals surface area contributed by atoms with E-state index in [9.17, 15) is 9.18 Å². The molecule has 0 aliphatic carbocycles. The number of hydrogen-bond donors (Lipinski definition) is 1. The lowest BCUT2D eigenvalue weighted by molar-refractivity contribution is -0.136. The highest BCUT2D eigenvalue weighted by Gasteiger charge is 2.17. The van der Waals surface area contributed by atoms with Crippen LogP contribution in [0.2, 0.25) is 0 Å². The average molecular weight is 212 g/mol. The number of methoxy groups -OCH3 is 1. The maximum Gasteiger partial charge on any atom is 0.308 e. The van der Waals surface area contributed by atoms with E-state index >= 15 is 0 Å². The van der Waals surface area contributed by atoms with Crippen molar-refractivity contribution in [2.45, 2.75) is 20.3 Å². The van der Waals surface area contributed by atoms with Crippen molar-refractivity contribution in [1.29, 1.82) is 0 Å². The van der Waals surface area contributed by atoms with Crippen LogP contribution in [-0.4, -0.2) is 18.2 Å². The Morgan fingerprint density at radius 2 is 2.07 bits per heavy atom. The van der Waals surface area contributed by atoms with Crippen molar-refractivity contribution in [3.63, 3.8) is 0 Å². The largest absolute Gasteiger partial charge is 0.496 e. The Labute approximate surface area is 87.5 Å². The Morgan fingerprint density at radius 1 is 1.47 bits per heavy atom. The van der Waals surface area contributed by atoms with Crippen LogP contribution in [0.3, 0.4) is 0 Å². The van der Waals surface area contributed by atoms with E-state index in [4.69, 9.17) is 9.84 Å². The lowest BCUT2D eigenvalue weighted by Gasteiger charge is -2.12. The van der Waals surface area contributed by atoms with Gasteiger partial charge < -0.3 is 9.84 Å². The van der Waals surface area contributed by atoms with Crippen LogP contribution in [0.15, 0.2) is 6.07 Å². The molecule has 0 saturated heterocycles. The van der Waals surface area contributed by atoms with Crippen LogP contribution in [0.5, 0.6) is 5.75 Å². The van der Waals surface area contributed by atoms with Crippen LogP contribution < -0.4 is 4.74 Å². The molecule has 0 heterocycles. The van der Waals surface area contributed by atoms with Gasteiger partial charge in [-0.1, -0.05) is 0 Å². The highest BCUT2D eigenvalue weighted by molar-refractivity contribution is 5.72. The summed E-state index contributed by atoms with van der Waals surface area (Å²) in [5.41, 5.74) is 1.29. The maximum absolute atomic E-state index is 13.6. The molecule has 0 unspecified atom stereocenters. The zero-order valence-electron chi connectivity index (χ0n) is 8.93. The van der Waals surface area contributed by atoms with Crippen LogP contribution in [0.4, 0.5) is 4.39 Å². The number of aliphatic carboxylic acids is 1. The zero-order valence-corrected chi connectivity index (χ0v) is 8.93. The molecule has 1 N–H and O–H groups in total. The molecular weight excluding hydrogens is 199 g/mol. The van der Waals surface area contributed by atoms with Crippen LogP contribution in [-0.2, 0) is 11.2 Å². The van der Waals surface area contributed by atoms with Gasteiger partial charge in [-0.25, -0.2) is 4.39 Å². The van der Waals surface area contributed by atoms with Crippen LogP contribution in [0.1, 0.15) is 16.7 Å². The predicted molar refractivity (Wildman–Crippen MR) is 53.8 cm³/mol. The number of aryl methyl sites for hydroxylation is 2. The van der Waals surface area contributed by atoms with Crippen molar-refractivity contribution in [3.8, 4) is 5.75 Å². The molecule has 1 aromatic rings. The summed E-state index contributed by atoms with van der Waals surface area (Å²) in [6, 6.07) is 1.64. The molecule has 0 fully saturated rings. The van der Waals surface area contributed by atoms with Gasteiger partial charge in [-0.3, -0.25) is 4.79 Å². The number of halogens is 1. The van der Waals surface area contributed by atoms with Crippen molar-refractivity contribution in [2.24, 2.45) is 0 Å². The molecule has 0 atom stereocenters.